The van der Waals surface area contributed by atoms with E-state index in [2.05, 4.69) is 4.74 Å². The van der Waals surface area contributed by atoms with Crippen molar-refractivity contribution < 1.29 is 27.9 Å². The van der Waals surface area contributed by atoms with E-state index in [-0.39, 0.29) is 29.5 Å². The lowest BCUT2D eigenvalue weighted by atomic mass is 10.2. The maximum absolute atomic E-state index is 12.4. The number of ether oxygens (including phenoxy) is 3. The Morgan fingerprint density at radius 2 is 1.89 bits per heavy atom. The second-order valence-corrected chi connectivity index (χ2v) is 5.67. The SMILES string of the molecule is COc1cc(CN(C)CCOc2ccccc2[N+](=O)[O-])ccc1OC(F)F. The first kappa shape index (κ1) is 20.4. The Balaban J connectivity index is 1.90. The molecule has 0 heterocycles. The summed E-state index contributed by atoms with van der Waals surface area (Å²) >= 11 is 0. The summed E-state index contributed by atoms with van der Waals surface area (Å²) in [5.41, 5.74) is 0.751. The predicted molar refractivity (Wildman–Crippen MR) is 94.6 cm³/mol. The van der Waals surface area contributed by atoms with Crippen molar-refractivity contribution in [3.05, 3.63) is 58.1 Å². The van der Waals surface area contributed by atoms with Crippen LogP contribution in [0.25, 0.3) is 0 Å². The fraction of sp³-hybridized carbons (Fsp3) is 0.333. The largest absolute Gasteiger partial charge is 0.493 e. The van der Waals surface area contributed by atoms with Gasteiger partial charge in [-0.3, -0.25) is 15.0 Å². The van der Waals surface area contributed by atoms with Gasteiger partial charge in [0, 0.05) is 19.2 Å². The Hall–Kier alpha value is -2.94. The molecule has 2 aromatic rings. The highest BCUT2D eigenvalue weighted by Gasteiger charge is 2.14. The molecule has 0 aliphatic heterocycles. The summed E-state index contributed by atoms with van der Waals surface area (Å²) < 4.78 is 39.7. The number of nitro benzene ring substituents is 1. The minimum absolute atomic E-state index is 0.0291. The molecule has 2 rings (SSSR count). The van der Waals surface area contributed by atoms with E-state index in [1.165, 1.54) is 19.2 Å². The van der Waals surface area contributed by atoms with Crippen molar-refractivity contribution >= 4 is 5.69 Å². The number of likely N-dealkylation sites (N-methyl/N-ethyl adjacent to an activating group) is 1. The minimum Gasteiger partial charge on any atom is -0.493 e. The van der Waals surface area contributed by atoms with Gasteiger partial charge in [0.05, 0.1) is 12.0 Å². The van der Waals surface area contributed by atoms with E-state index in [4.69, 9.17) is 9.47 Å². The van der Waals surface area contributed by atoms with Crippen molar-refractivity contribution in [3.8, 4) is 17.2 Å². The number of nitro groups is 1. The molecule has 0 saturated carbocycles. The predicted octanol–water partition coefficient (Wildman–Crippen LogP) is 3.72. The van der Waals surface area contributed by atoms with Gasteiger partial charge in [0.1, 0.15) is 6.61 Å². The number of para-hydroxylation sites is 2. The zero-order valence-corrected chi connectivity index (χ0v) is 14.9. The van der Waals surface area contributed by atoms with E-state index < -0.39 is 11.5 Å². The average Bonchev–Trinajstić information content (AvgIpc) is 2.62. The smallest absolute Gasteiger partial charge is 0.387 e. The number of alkyl halides is 2. The molecular weight excluding hydrogens is 362 g/mol. The summed E-state index contributed by atoms with van der Waals surface area (Å²) in [6.07, 6.45) is 0. The molecule has 0 atom stereocenters. The first-order valence-corrected chi connectivity index (χ1v) is 8.07. The van der Waals surface area contributed by atoms with Crippen molar-refractivity contribution in [1.82, 2.24) is 4.90 Å². The van der Waals surface area contributed by atoms with Crippen LogP contribution in [0.2, 0.25) is 0 Å². The zero-order valence-electron chi connectivity index (χ0n) is 14.9. The molecule has 0 N–H and O–H groups in total. The molecule has 0 fully saturated rings. The van der Waals surface area contributed by atoms with Crippen LogP contribution in [0, 0.1) is 10.1 Å². The molecule has 0 amide bonds. The van der Waals surface area contributed by atoms with Gasteiger partial charge < -0.3 is 14.2 Å². The van der Waals surface area contributed by atoms with E-state index in [9.17, 15) is 18.9 Å². The van der Waals surface area contributed by atoms with Crippen molar-refractivity contribution in [2.24, 2.45) is 0 Å². The van der Waals surface area contributed by atoms with Gasteiger partial charge in [0.25, 0.3) is 0 Å². The zero-order chi connectivity index (χ0) is 19.8. The molecule has 0 radical (unpaired) electrons. The summed E-state index contributed by atoms with van der Waals surface area (Å²) in [4.78, 5) is 12.4. The molecule has 7 nitrogen and oxygen atoms in total. The maximum Gasteiger partial charge on any atom is 0.387 e. The molecule has 146 valence electrons. The summed E-state index contributed by atoms with van der Waals surface area (Å²) in [5.74, 6) is 0.405. The van der Waals surface area contributed by atoms with E-state index in [0.29, 0.717) is 13.1 Å². The third kappa shape index (κ3) is 6.07. The molecule has 0 aliphatic carbocycles. The summed E-state index contributed by atoms with van der Waals surface area (Å²) in [5, 5.41) is 11.0. The minimum atomic E-state index is -2.92. The molecule has 0 spiro atoms. The standard InChI is InChI=1S/C18H20F2N2O5/c1-21(9-10-26-15-6-4-3-5-14(15)22(23)24)12-13-7-8-16(27-18(19)20)17(11-13)25-2/h3-8,11,18H,9-10,12H2,1-2H3. The van der Waals surface area contributed by atoms with E-state index in [0.717, 1.165) is 5.56 Å². The molecule has 0 bridgehead atoms. The van der Waals surface area contributed by atoms with Crippen LogP contribution in [0.3, 0.4) is 0 Å². The van der Waals surface area contributed by atoms with Gasteiger partial charge in [0.15, 0.2) is 17.2 Å². The van der Waals surface area contributed by atoms with Gasteiger partial charge in [-0.1, -0.05) is 18.2 Å². The van der Waals surface area contributed by atoms with Crippen molar-refractivity contribution in [3.63, 3.8) is 0 Å². The number of halogens is 2. The van der Waals surface area contributed by atoms with Gasteiger partial charge in [-0.25, -0.2) is 0 Å². The Kier molecular flexibility index (Phi) is 7.30. The first-order valence-electron chi connectivity index (χ1n) is 8.07. The van der Waals surface area contributed by atoms with Gasteiger partial charge in [-0.2, -0.15) is 8.78 Å². The molecule has 27 heavy (non-hydrogen) atoms. The lowest BCUT2D eigenvalue weighted by Gasteiger charge is -2.18. The van der Waals surface area contributed by atoms with E-state index >= 15 is 0 Å². The van der Waals surface area contributed by atoms with Crippen LogP contribution in [0.1, 0.15) is 5.56 Å². The topological polar surface area (TPSA) is 74.1 Å². The van der Waals surface area contributed by atoms with Crippen molar-refractivity contribution in [2.75, 3.05) is 27.3 Å². The quantitative estimate of drug-likeness (QED) is 0.461. The molecule has 0 aliphatic rings. The normalized spacial score (nSPS) is 10.9. The Morgan fingerprint density at radius 3 is 2.56 bits per heavy atom. The first-order chi connectivity index (χ1) is 12.9. The van der Waals surface area contributed by atoms with Gasteiger partial charge in [-0.15, -0.1) is 0 Å². The van der Waals surface area contributed by atoms with E-state index in [1.54, 1.807) is 30.3 Å². The van der Waals surface area contributed by atoms with Crippen LogP contribution in [0.5, 0.6) is 17.2 Å². The molecule has 0 saturated heterocycles. The Bertz CT molecular complexity index is 773. The molecule has 2 aromatic carbocycles. The Labute approximate surface area is 155 Å². The summed E-state index contributed by atoms with van der Waals surface area (Å²) in [6, 6.07) is 10.9. The van der Waals surface area contributed by atoms with Gasteiger partial charge in [0.2, 0.25) is 0 Å². The van der Waals surface area contributed by atoms with Crippen LogP contribution < -0.4 is 14.2 Å². The number of benzene rings is 2. The molecule has 0 unspecified atom stereocenters. The fourth-order valence-corrected chi connectivity index (χ4v) is 2.44. The maximum atomic E-state index is 12.4. The second-order valence-electron chi connectivity index (χ2n) is 5.67. The highest BCUT2D eigenvalue weighted by molar-refractivity contribution is 5.45. The second kappa shape index (κ2) is 9.67. The third-order valence-electron chi connectivity index (χ3n) is 3.69. The van der Waals surface area contributed by atoms with Crippen molar-refractivity contribution in [2.45, 2.75) is 13.2 Å². The van der Waals surface area contributed by atoms with Crippen LogP contribution in [-0.2, 0) is 6.54 Å². The Morgan fingerprint density at radius 1 is 1.15 bits per heavy atom. The number of hydrogen-bond donors (Lipinski definition) is 0. The monoisotopic (exact) mass is 382 g/mol. The molecular formula is C18H20F2N2O5. The third-order valence-corrected chi connectivity index (χ3v) is 3.69. The lowest BCUT2D eigenvalue weighted by molar-refractivity contribution is -0.385. The molecule has 0 aromatic heterocycles. The van der Waals surface area contributed by atoms with Crippen LogP contribution in [0.15, 0.2) is 42.5 Å². The lowest BCUT2D eigenvalue weighted by Crippen LogP contribution is -2.24. The van der Waals surface area contributed by atoms with Crippen LogP contribution in [-0.4, -0.2) is 43.7 Å². The van der Waals surface area contributed by atoms with Gasteiger partial charge in [-0.05, 0) is 30.8 Å². The highest BCUT2D eigenvalue weighted by atomic mass is 19.3. The summed E-state index contributed by atoms with van der Waals surface area (Å²) in [7, 11) is 3.22. The highest BCUT2D eigenvalue weighted by Crippen LogP contribution is 2.30. The number of rotatable bonds is 10. The van der Waals surface area contributed by atoms with Crippen molar-refractivity contribution in [1.29, 1.82) is 0 Å². The van der Waals surface area contributed by atoms with Crippen LogP contribution in [0.4, 0.5) is 14.5 Å². The van der Waals surface area contributed by atoms with Crippen LogP contribution >= 0.6 is 0 Å². The molecule has 9 heteroatoms. The van der Waals surface area contributed by atoms with E-state index in [1.807, 2.05) is 11.9 Å². The number of nitrogens with zero attached hydrogens (tertiary/aromatic N) is 2. The fourth-order valence-electron chi connectivity index (χ4n) is 2.44. The number of hydrogen-bond acceptors (Lipinski definition) is 6. The number of methoxy groups -OCH3 is 1. The average molecular weight is 382 g/mol. The summed E-state index contributed by atoms with van der Waals surface area (Å²) in [6.45, 7) is -1.66. The van der Waals surface area contributed by atoms with Gasteiger partial charge >= 0.3 is 12.3 Å².